The highest BCUT2D eigenvalue weighted by atomic mass is 35.5. The summed E-state index contributed by atoms with van der Waals surface area (Å²) < 4.78 is 0. The lowest BCUT2D eigenvalue weighted by atomic mass is 10.3. The Hall–Kier alpha value is -1.62. The van der Waals surface area contributed by atoms with Crippen LogP contribution >= 0.6 is 11.6 Å². The number of aromatic amines is 1. The molecular formula is C7H5ClN4O. The minimum atomic E-state index is -0.313. The van der Waals surface area contributed by atoms with Gasteiger partial charge in [0.15, 0.2) is 5.15 Å². The predicted octanol–water partition coefficient (Wildman–Crippen LogP) is 0.554. The molecule has 0 amide bonds. The van der Waals surface area contributed by atoms with E-state index in [1.54, 1.807) is 0 Å². The molecule has 2 heterocycles. The first-order valence-corrected chi connectivity index (χ1v) is 3.86. The van der Waals surface area contributed by atoms with E-state index in [0.717, 1.165) is 0 Å². The molecule has 0 bridgehead atoms. The molecular weight excluding hydrogens is 192 g/mol. The number of rotatable bonds is 0. The molecule has 0 aromatic carbocycles. The van der Waals surface area contributed by atoms with E-state index < -0.39 is 0 Å². The fourth-order valence-electron chi connectivity index (χ4n) is 1.05. The van der Waals surface area contributed by atoms with Gasteiger partial charge in [0, 0.05) is 6.20 Å². The third kappa shape index (κ3) is 1.23. The molecule has 5 nitrogen and oxygen atoms in total. The number of nitrogens with two attached hydrogens (primary N) is 1. The Morgan fingerprint density at radius 1 is 1.54 bits per heavy atom. The molecule has 3 N–H and O–H groups in total. The molecule has 0 saturated carbocycles. The highest BCUT2D eigenvalue weighted by Gasteiger charge is 2.05. The van der Waals surface area contributed by atoms with Crippen LogP contribution in [0.5, 0.6) is 0 Å². The number of hydrogen-bond acceptors (Lipinski definition) is 4. The van der Waals surface area contributed by atoms with E-state index in [2.05, 4.69) is 15.0 Å². The molecule has 66 valence electrons. The second-order valence-electron chi connectivity index (χ2n) is 2.45. The summed E-state index contributed by atoms with van der Waals surface area (Å²) in [5.41, 5.74) is 5.35. The minimum Gasteiger partial charge on any atom is -0.369 e. The molecule has 0 aliphatic heterocycles. The number of nitrogens with one attached hydrogen (secondary N) is 1. The Morgan fingerprint density at radius 3 is 3.08 bits per heavy atom. The van der Waals surface area contributed by atoms with Crippen LogP contribution < -0.4 is 11.3 Å². The Labute approximate surface area is 77.6 Å². The lowest BCUT2D eigenvalue weighted by molar-refractivity contribution is 1.17. The van der Waals surface area contributed by atoms with Crippen molar-refractivity contribution in [2.24, 2.45) is 0 Å². The Balaban J connectivity index is 3.03. The van der Waals surface area contributed by atoms with Crippen molar-refractivity contribution in [2.75, 3.05) is 5.73 Å². The zero-order valence-electron chi connectivity index (χ0n) is 6.41. The second kappa shape index (κ2) is 2.70. The third-order valence-electron chi connectivity index (χ3n) is 1.60. The number of aromatic nitrogens is 3. The smallest absolute Gasteiger partial charge is 0.260 e. The van der Waals surface area contributed by atoms with Crippen molar-refractivity contribution in [3.8, 4) is 0 Å². The van der Waals surface area contributed by atoms with Gasteiger partial charge in [-0.15, -0.1) is 0 Å². The number of nitrogens with zero attached hydrogens (tertiary/aromatic N) is 2. The van der Waals surface area contributed by atoms with Gasteiger partial charge < -0.3 is 5.73 Å². The number of nitrogen functional groups attached to an aromatic ring is 1. The first-order valence-electron chi connectivity index (χ1n) is 3.48. The minimum absolute atomic E-state index is 0.0346. The molecule has 2 rings (SSSR count). The Kier molecular flexibility index (Phi) is 1.66. The van der Waals surface area contributed by atoms with Gasteiger partial charge in [-0.1, -0.05) is 11.6 Å². The highest BCUT2D eigenvalue weighted by Crippen LogP contribution is 2.15. The van der Waals surface area contributed by atoms with Crippen LogP contribution in [0.3, 0.4) is 0 Å². The number of anilines is 1. The number of pyridine rings is 1. The molecule has 0 atom stereocenters. The Bertz CT molecular complexity index is 521. The standard InChI is InChI=1S/C7H5ClN4O/c8-5-4-3(1-2-10-5)6(13)12-7(9)11-4/h1-2H,(H3,9,11,12,13). The molecule has 0 aliphatic carbocycles. The van der Waals surface area contributed by atoms with Crippen LogP contribution in [-0.4, -0.2) is 15.0 Å². The van der Waals surface area contributed by atoms with E-state index in [9.17, 15) is 4.79 Å². The van der Waals surface area contributed by atoms with Crippen LogP contribution in [0.4, 0.5) is 5.95 Å². The third-order valence-corrected chi connectivity index (χ3v) is 1.87. The normalized spacial score (nSPS) is 10.5. The molecule has 2 aromatic heterocycles. The number of halogens is 1. The van der Waals surface area contributed by atoms with Crippen molar-refractivity contribution in [3.05, 3.63) is 27.8 Å². The fraction of sp³-hybridized carbons (Fsp3) is 0. The number of H-pyrrole nitrogens is 1. The van der Waals surface area contributed by atoms with Gasteiger partial charge in [-0.05, 0) is 6.07 Å². The predicted molar refractivity (Wildman–Crippen MR) is 49.6 cm³/mol. The van der Waals surface area contributed by atoms with Crippen LogP contribution in [0.1, 0.15) is 0 Å². The van der Waals surface area contributed by atoms with E-state index in [1.807, 2.05) is 0 Å². The van der Waals surface area contributed by atoms with E-state index in [1.165, 1.54) is 12.3 Å². The van der Waals surface area contributed by atoms with Gasteiger partial charge in [0.2, 0.25) is 5.95 Å². The van der Waals surface area contributed by atoms with Crippen molar-refractivity contribution in [2.45, 2.75) is 0 Å². The molecule has 0 unspecified atom stereocenters. The zero-order chi connectivity index (χ0) is 9.42. The first kappa shape index (κ1) is 8.00. The summed E-state index contributed by atoms with van der Waals surface area (Å²) in [7, 11) is 0. The van der Waals surface area contributed by atoms with Gasteiger partial charge >= 0.3 is 0 Å². The summed E-state index contributed by atoms with van der Waals surface area (Å²) in [5, 5.41) is 0.560. The quantitative estimate of drug-likeness (QED) is 0.603. The lowest BCUT2D eigenvalue weighted by Crippen LogP contribution is -2.11. The molecule has 0 radical (unpaired) electrons. The number of fused-ring (bicyclic) bond motifs is 1. The van der Waals surface area contributed by atoms with Crippen molar-refractivity contribution in [1.82, 2.24) is 15.0 Å². The zero-order valence-corrected chi connectivity index (χ0v) is 7.17. The van der Waals surface area contributed by atoms with Gasteiger partial charge in [-0.2, -0.15) is 0 Å². The maximum Gasteiger partial charge on any atom is 0.260 e. The van der Waals surface area contributed by atoms with Crippen LogP contribution in [0.15, 0.2) is 17.1 Å². The van der Waals surface area contributed by atoms with E-state index >= 15 is 0 Å². The van der Waals surface area contributed by atoms with Gasteiger partial charge in [0.25, 0.3) is 5.56 Å². The van der Waals surface area contributed by atoms with Gasteiger partial charge in [-0.25, -0.2) is 9.97 Å². The van der Waals surface area contributed by atoms with Crippen molar-refractivity contribution in [3.63, 3.8) is 0 Å². The van der Waals surface area contributed by atoms with E-state index in [4.69, 9.17) is 17.3 Å². The molecule has 0 spiro atoms. The molecule has 6 heteroatoms. The van der Waals surface area contributed by atoms with E-state index in [-0.39, 0.29) is 16.7 Å². The monoisotopic (exact) mass is 196 g/mol. The summed E-state index contributed by atoms with van der Waals surface area (Å²) >= 11 is 5.72. The van der Waals surface area contributed by atoms with Crippen molar-refractivity contribution < 1.29 is 0 Å². The van der Waals surface area contributed by atoms with Gasteiger partial charge in [-0.3, -0.25) is 9.78 Å². The number of hydrogen-bond donors (Lipinski definition) is 2. The van der Waals surface area contributed by atoms with Crippen LogP contribution in [0.2, 0.25) is 5.15 Å². The fourth-order valence-corrected chi connectivity index (χ4v) is 1.25. The first-order chi connectivity index (χ1) is 6.18. The van der Waals surface area contributed by atoms with E-state index in [0.29, 0.717) is 10.9 Å². The molecule has 13 heavy (non-hydrogen) atoms. The highest BCUT2D eigenvalue weighted by molar-refractivity contribution is 6.33. The molecule has 2 aromatic rings. The summed E-state index contributed by atoms with van der Waals surface area (Å²) in [4.78, 5) is 21.3. The summed E-state index contributed by atoms with van der Waals surface area (Å²) in [6.07, 6.45) is 1.44. The second-order valence-corrected chi connectivity index (χ2v) is 2.81. The SMILES string of the molecule is Nc1nc2c(Cl)nccc2c(=O)[nH]1. The van der Waals surface area contributed by atoms with Crippen LogP contribution in [0.25, 0.3) is 10.9 Å². The average molecular weight is 197 g/mol. The molecule has 0 fully saturated rings. The Morgan fingerprint density at radius 2 is 2.31 bits per heavy atom. The molecule has 0 aliphatic rings. The topological polar surface area (TPSA) is 84.7 Å². The summed E-state index contributed by atoms with van der Waals surface area (Å²) in [6, 6.07) is 1.53. The maximum absolute atomic E-state index is 11.3. The summed E-state index contributed by atoms with van der Waals surface area (Å²) in [5.74, 6) is 0.0346. The molecule has 0 saturated heterocycles. The maximum atomic E-state index is 11.3. The van der Waals surface area contributed by atoms with Crippen molar-refractivity contribution in [1.29, 1.82) is 0 Å². The van der Waals surface area contributed by atoms with Crippen LogP contribution in [0, 0.1) is 0 Å². The van der Waals surface area contributed by atoms with Crippen molar-refractivity contribution >= 4 is 28.5 Å². The van der Waals surface area contributed by atoms with Gasteiger partial charge in [0.05, 0.1) is 5.39 Å². The average Bonchev–Trinajstić information content (AvgIpc) is 2.07. The lowest BCUT2D eigenvalue weighted by Gasteiger charge is -1.98. The summed E-state index contributed by atoms with van der Waals surface area (Å²) in [6.45, 7) is 0. The van der Waals surface area contributed by atoms with Gasteiger partial charge in [0.1, 0.15) is 5.52 Å². The largest absolute Gasteiger partial charge is 0.369 e. The van der Waals surface area contributed by atoms with Crippen LogP contribution in [-0.2, 0) is 0 Å².